The molecule has 0 saturated carbocycles. The Bertz CT molecular complexity index is 476. The second-order valence-electron chi connectivity index (χ2n) is 12.2. The number of unbranched alkanes of at least 4 members (excludes halogenated alkanes) is 29. The van der Waals surface area contributed by atoms with Crippen LogP contribution in [0.15, 0.2) is 0 Å². The average molecular weight is 551 g/mol. The van der Waals surface area contributed by atoms with Crippen molar-refractivity contribution in [3.05, 3.63) is 0 Å². The maximum Gasteiger partial charge on any atom is 0.305 e. The van der Waals surface area contributed by atoms with E-state index in [0.717, 1.165) is 32.0 Å². The molecule has 0 N–H and O–H groups in total. The summed E-state index contributed by atoms with van der Waals surface area (Å²) < 4.78 is 5.43. The van der Waals surface area contributed by atoms with E-state index in [9.17, 15) is 9.59 Å². The molecule has 0 bridgehead atoms. The first-order valence-corrected chi connectivity index (χ1v) is 17.9. The lowest BCUT2D eigenvalue weighted by Crippen LogP contribution is -2.05. The zero-order valence-corrected chi connectivity index (χ0v) is 26.6. The van der Waals surface area contributed by atoms with Gasteiger partial charge in [0, 0.05) is 12.8 Å². The van der Waals surface area contributed by atoms with Gasteiger partial charge in [0.1, 0.15) is 6.29 Å². The van der Waals surface area contributed by atoms with Crippen LogP contribution in [0.4, 0.5) is 0 Å². The first kappa shape index (κ1) is 38.1. The number of hydrogen-bond acceptors (Lipinski definition) is 3. The van der Waals surface area contributed by atoms with Crippen molar-refractivity contribution >= 4 is 12.3 Å². The van der Waals surface area contributed by atoms with Crippen LogP contribution >= 0.6 is 0 Å². The second kappa shape index (κ2) is 35.2. The second-order valence-corrected chi connectivity index (χ2v) is 12.2. The van der Waals surface area contributed by atoms with Crippen molar-refractivity contribution in [1.82, 2.24) is 0 Å². The van der Waals surface area contributed by atoms with E-state index in [0.29, 0.717) is 13.0 Å². The van der Waals surface area contributed by atoms with E-state index in [1.165, 1.54) is 173 Å². The van der Waals surface area contributed by atoms with E-state index in [2.05, 4.69) is 6.92 Å². The van der Waals surface area contributed by atoms with Crippen molar-refractivity contribution in [2.75, 3.05) is 6.61 Å². The molecule has 0 rings (SSSR count). The summed E-state index contributed by atoms with van der Waals surface area (Å²) in [6.45, 7) is 2.91. The van der Waals surface area contributed by atoms with Crippen LogP contribution in [0.1, 0.15) is 212 Å². The summed E-state index contributed by atoms with van der Waals surface area (Å²) in [5.41, 5.74) is 0. The number of aldehydes is 1. The smallest absolute Gasteiger partial charge is 0.305 e. The maximum atomic E-state index is 11.9. The quantitative estimate of drug-likeness (QED) is 0.0454. The number of carbonyl (C=O) groups excluding carboxylic acids is 2. The molecule has 0 spiro atoms. The number of carbonyl (C=O) groups is 2. The molecule has 39 heavy (non-hydrogen) atoms. The highest BCUT2D eigenvalue weighted by atomic mass is 16.5. The molecule has 0 aromatic rings. The molecule has 0 aliphatic rings. The molecular formula is C36H70O3. The third-order valence-electron chi connectivity index (χ3n) is 8.21. The SMILES string of the molecule is CCCCCCCCCCCCCCCCCC(=O)OCCCCCCCCCCCCCCCCCC=O. The van der Waals surface area contributed by atoms with Gasteiger partial charge >= 0.3 is 5.97 Å². The zero-order chi connectivity index (χ0) is 28.3. The van der Waals surface area contributed by atoms with Crippen molar-refractivity contribution < 1.29 is 14.3 Å². The topological polar surface area (TPSA) is 43.4 Å². The molecule has 0 aliphatic heterocycles. The number of esters is 1. The molecule has 0 unspecified atom stereocenters. The molecule has 0 fully saturated rings. The molecule has 3 heteroatoms. The Hall–Kier alpha value is -0.860. The average Bonchev–Trinajstić information content (AvgIpc) is 2.94. The van der Waals surface area contributed by atoms with Crippen LogP contribution in [0.2, 0.25) is 0 Å². The Morgan fingerprint density at radius 1 is 0.436 bits per heavy atom. The third-order valence-corrected chi connectivity index (χ3v) is 8.21. The number of rotatable bonds is 34. The minimum atomic E-state index is 0.0163. The molecule has 0 aliphatic carbocycles. The number of ether oxygens (including phenoxy) is 1. The van der Waals surface area contributed by atoms with Gasteiger partial charge in [0.05, 0.1) is 6.61 Å². The van der Waals surface area contributed by atoms with E-state index in [1.807, 2.05) is 0 Å². The van der Waals surface area contributed by atoms with E-state index >= 15 is 0 Å². The Kier molecular flexibility index (Phi) is 34.4. The fourth-order valence-corrected chi connectivity index (χ4v) is 5.53. The highest BCUT2D eigenvalue weighted by Gasteiger charge is 2.03. The summed E-state index contributed by atoms with van der Waals surface area (Å²) in [6.07, 6.45) is 42.1. The van der Waals surface area contributed by atoms with Gasteiger partial charge in [-0.2, -0.15) is 0 Å². The summed E-state index contributed by atoms with van der Waals surface area (Å²) in [5.74, 6) is 0.0163. The standard InChI is InChI=1S/C36H70O3/c1-2-3-4-5-6-7-8-9-12-15-18-21-24-27-30-33-36(38)39-35-32-29-26-23-20-17-14-11-10-13-16-19-22-25-28-31-34-37/h34H,2-33,35H2,1H3. The van der Waals surface area contributed by atoms with Crippen molar-refractivity contribution in [2.24, 2.45) is 0 Å². The molecule has 0 amide bonds. The van der Waals surface area contributed by atoms with Crippen LogP contribution in [-0.4, -0.2) is 18.9 Å². The highest BCUT2D eigenvalue weighted by Crippen LogP contribution is 2.15. The molecule has 232 valence electrons. The van der Waals surface area contributed by atoms with Gasteiger partial charge in [-0.05, 0) is 19.3 Å². The first-order chi connectivity index (χ1) is 19.3. The van der Waals surface area contributed by atoms with Gasteiger partial charge in [-0.3, -0.25) is 4.79 Å². The van der Waals surface area contributed by atoms with Crippen molar-refractivity contribution in [2.45, 2.75) is 212 Å². The monoisotopic (exact) mass is 551 g/mol. The van der Waals surface area contributed by atoms with Gasteiger partial charge < -0.3 is 9.53 Å². The van der Waals surface area contributed by atoms with Gasteiger partial charge in [0.15, 0.2) is 0 Å². The maximum absolute atomic E-state index is 11.9. The summed E-state index contributed by atoms with van der Waals surface area (Å²) in [6, 6.07) is 0. The van der Waals surface area contributed by atoms with E-state index in [-0.39, 0.29) is 5.97 Å². The molecule has 0 heterocycles. The van der Waals surface area contributed by atoms with Gasteiger partial charge in [-0.1, -0.05) is 180 Å². The predicted molar refractivity (Wildman–Crippen MR) is 170 cm³/mol. The highest BCUT2D eigenvalue weighted by molar-refractivity contribution is 5.69. The molecule has 0 atom stereocenters. The lowest BCUT2D eigenvalue weighted by atomic mass is 10.0. The Morgan fingerprint density at radius 2 is 0.744 bits per heavy atom. The largest absolute Gasteiger partial charge is 0.466 e. The Morgan fingerprint density at radius 3 is 1.10 bits per heavy atom. The van der Waals surface area contributed by atoms with Crippen molar-refractivity contribution in [3.8, 4) is 0 Å². The van der Waals surface area contributed by atoms with Crippen LogP contribution in [0, 0.1) is 0 Å². The van der Waals surface area contributed by atoms with Crippen LogP contribution < -0.4 is 0 Å². The lowest BCUT2D eigenvalue weighted by molar-refractivity contribution is -0.143. The molecular weight excluding hydrogens is 480 g/mol. The van der Waals surface area contributed by atoms with Gasteiger partial charge in [0.25, 0.3) is 0 Å². The Labute approximate surface area is 245 Å². The van der Waals surface area contributed by atoms with Crippen molar-refractivity contribution in [3.63, 3.8) is 0 Å². The van der Waals surface area contributed by atoms with Gasteiger partial charge in [-0.15, -0.1) is 0 Å². The summed E-state index contributed by atoms with van der Waals surface area (Å²) in [5, 5.41) is 0. The van der Waals surface area contributed by atoms with Crippen LogP contribution in [0.5, 0.6) is 0 Å². The lowest BCUT2D eigenvalue weighted by Gasteiger charge is -2.06. The Balaban J connectivity index is 3.14. The van der Waals surface area contributed by atoms with Gasteiger partial charge in [0.2, 0.25) is 0 Å². The number of hydrogen-bond donors (Lipinski definition) is 0. The fraction of sp³-hybridized carbons (Fsp3) is 0.944. The summed E-state index contributed by atoms with van der Waals surface area (Å²) in [4.78, 5) is 22.2. The molecule has 0 radical (unpaired) electrons. The van der Waals surface area contributed by atoms with E-state index < -0.39 is 0 Å². The fourth-order valence-electron chi connectivity index (χ4n) is 5.53. The van der Waals surface area contributed by atoms with E-state index in [4.69, 9.17) is 4.74 Å². The van der Waals surface area contributed by atoms with Crippen molar-refractivity contribution in [1.29, 1.82) is 0 Å². The minimum absolute atomic E-state index is 0.0163. The zero-order valence-electron chi connectivity index (χ0n) is 26.6. The molecule has 0 aromatic heterocycles. The van der Waals surface area contributed by atoms with Crippen LogP contribution in [0.25, 0.3) is 0 Å². The van der Waals surface area contributed by atoms with E-state index in [1.54, 1.807) is 0 Å². The van der Waals surface area contributed by atoms with Crippen LogP contribution in [-0.2, 0) is 14.3 Å². The first-order valence-electron chi connectivity index (χ1n) is 17.9. The third kappa shape index (κ3) is 35.1. The predicted octanol–water partition coefficient (Wildman–Crippen LogP) is 12.2. The summed E-state index contributed by atoms with van der Waals surface area (Å²) in [7, 11) is 0. The molecule has 0 aromatic carbocycles. The van der Waals surface area contributed by atoms with Crippen LogP contribution in [0.3, 0.4) is 0 Å². The normalized spacial score (nSPS) is 11.2. The summed E-state index contributed by atoms with van der Waals surface area (Å²) >= 11 is 0. The van der Waals surface area contributed by atoms with Gasteiger partial charge in [-0.25, -0.2) is 0 Å². The molecule has 0 saturated heterocycles. The minimum Gasteiger partial charge on any atom is -0.466 e. The molecule has 3 nitrogen and oxygen atoms in total.